The van der Waals surface area contributed by atoms with Crippen molar-refractivity contribution >= 4 is 73.0 Å². The lowest BCUT2D eigenvalue weighted by Gasteiger charge is -2.09. The summed E-state index contributed by atoms with van der Waals surface area (Å²) in [5.41, 5.74) is 4.90. The number of hydrogen-bond acceptors (Lipinski definition) is 5. The first-order chi connectivity index (χ1) is 15.1. The highest BCUT2D eigenvalue weighted by atomic mass is 35.5. The van der Waals surface area contributed by atoms with Crippen molar-refractivity contribution in [1.29, 1.82) is 0 Å². The lowest BCUT2D eigenvalue weighted by atomic mass is 10.00. The van der Waals surface area contributed by atoms with Gasteiger partial charge in [0.2, 0.25) is 4.77 Å². The van der Waals surface area contributed by atoms with Gasteiger partial charge in [-0.25, -0.2) is 9.97 Å². The lowest BCUT2D eigenvalue weighted by Crippen LogP contribution is -1.97. The maximum atomic E-state index is 6.16. The maximum absolute atomic E-state index is 6.16. The molecule has 0 radical (unpaired) electrons. The number of benzene rings is 2. The molecule has 0 atom stereocenters. The second kappa shape index (κ2) is 7.28. The van der Waals surface area contributed by atoms with Gasteiger partial charge in [-0.05, 0) is 53.7 Å². The number of thiophene rings is 1. The minimum absolute atomic E-state index is 0.594. The molecule has 6 rings (SSSR count). The molecule has 0 saturated carbocycles. The molecule has 3 aromatic heterocycles. The van der Waals surface area contributed by atoms with E-state index in [2.05, 4.69) is 16.0 Å². The van der Waals surface area contributed by atoms with E-state index < -0.39 is 0 Å². The zero-order chi connectivity index (χ0) is 21.1. The number of nitrogens with zero attached hydrogens (tertiary/aromatic N) is 3. The molecule has 2 aromatic carbocycles. The molecule has 8 heteroatoms. The summed E-state index contributed by atoms with van der Waals surface area (Å²) in [7, 11) is 0. The van der Waals surface area contributed by atoms with E-state index >= 15 is 0 Å². The molecule has 4 heterocycles. The van der Waals surface area contributed by atoms with Crippen molar-refractivity contribution in [2.75, 3.05) is 11.9 Å². The van der Waals surface area contributed by atoms with Crippen molar-refractivity contribution in [1.82, 2.24) is 14.5 Å². The van der Waals surface area contributed by atoms with Crippen molar-refractivity contribution in [2.24, 2.45) is 0 Å². The van der Waals surface area contributed by atoms with E-state index in [9.17, 15) is 0 Å². The molecular formula is C23H14Cl2N4S2. The van der Waals surface area contributed by atoms with Crippen LogP contribution in [0.25, 0.3) is 42.8 Å². The molecule has 31 heavy (non-hydrogen) atoms. The Labute approximate surface area is 197 Å². The van der Waals surface area contributed by atoms with Gasteiger partial charge < -0.3 is 9.88 Å². The SMILES string of the molecule is S=c1nc2c(sc3nc(-c4ccc(Cl)cc4)cc(-c4ccc(Cl)cc4)c32)c2n1CCN2. The Hall–Kier alpha value is -2.51. The summed E-state index contributed by atoms with van der Waals surface area (Å²) >= 11 is 19.5. The van der Waals surface area contributed by atoms with E-state index in [4.69, 9.17) is 45.4 Å². The van der Waals surface area contributed by atoms with Crippen LogP contribution in [0.2, 0.25) is 10.0 Å². The van der Waals surface area contributed by atoms with Crippen LogP contribution in [-0.2, 0) is 6.54 Å². The van der Waals surface area contributed by atoms with E-state index in [1.54, 1.807) is 11.3 Å². The zero-order valence-corrected chi connectivity index (χ0v) is 19.2. The first-order valence-corrected chi connectivity index (χ1v) is 11.7. The van der Waals surface area contributed by atoms with Gasteiger partial charge in [-0.15, -0.1) is 11.3 Å². The van der Waals surface area contributed by atoms with Crippen molar-refractivity contribution < 1.29 is 0 Å². The number of halogens is 2. The van der Waals surface area contributed by atoms with Crippen LogP contribution in [0, 0.1) is 4.77 Å². The Morgan fingerprint density at radius 3 is 2.32 bits per heavy atom. The first-order valence-electron chi connectivity index (χ1n) is 9.72. The first kappa shape index (κ1) is 19.2. The molecule has 0 bridgehead atoms. The number of anilines is 1. The molecule has 152 valence electrons. The van der Waals surface area contributed by atoms with E-state index in [0.717, 1.165) is 61.7 Å². The Balaban J connectivity index is 1.72. The highest BCUT2D eigenvalue weighted by Gasteiger charge is 2.22. The summed E-state index contributed by atoms with van der Waals surface area (Å²) in [5, 5.41) is 5.89. The molecule has 4 nitrogen and oxygen atoms in total. The molecule has 0 spiro atoms. The molecule has 0 amide bonds. The normalized spacial score (nSPS) is 13.0. The fraction of sp³-hybridized carbons (Fsp3) is 0.0870. The molecule has 5 aromatic rings. The second-order valence-electron chi connectivity index (χ2n) is 7.35. The van der Waals surface area contributed by atoms with Crippen LogP contribution in [0.1, 0.15) is 0 Å². The van der Waals surface area contributed by atoms with Crippen molar-refractivity contribution in [3.63, 3.8) is 0 Å². The summed E-state index contributed by atoms with van der Waals surface area (Å²) in [6.07, 6.45) is 0. The van der Waals surface area contributed by atoms with Gasteiger partial charge in [0, 0.05) is 34.1 Å². The van der Waals surface area contributed by atoms with Gasteiger partial charge in [-0.1, -0.05) is 47.5 Å². The Kier molecular flexibility index (Phi) is 4.51. The number of fused-ring (bicyclic) bond motifs is 5. The zero-order valence-electron chi connectivity index (χ0n) is 16.0. The van der Waals surface area contributed by atoms with Crippen LogP contribution < -0.4 is 5.32 Å². The largest absolute Gasteiger partial charge is 0.368 e. The van der Waals surface area contributed by atoms with E-state index in [0.29, 0.717) is 14.8 Å². The third kappa shape index (κ3) is 3.13. The van der Waals surface area contributed by atoms with Crippen LogP contribution in [0.15, 0.2) is 54.6 Å². The smallest absolute Gasteiger partial charge is 0.201 e. The highest BCUT2D eigenvalue weighted by molar-refractivity contribution is 7.71. The van der Waals surface area contributed by atoms with Crippen LogP contribution >= 0.6 is 46.8 Å². The molecule has 1 aliphatic heterocycles. The average molecular weight is 481 g/mol. The monoisotopic (exact) mass is 480 g/mol. The summed E-state index contributed by atoms with van der Waals surface area (Å²) in [6, 6.07) is 17.7. The predicted molar refractivity (Wildman–Crippen MR) is 133 cm³/mol. The van der Waals surface area contributed by atoms with Gasteiger partial charge in [0.25, 0.3) is 0 Å². The molecular weight excluding hydrogens is 467 g/mol. The topological polar surface area (TPSA) is 42.7 Å². The number of hydrogen-bond donors (Lipinski definition) is 1. The number of aromatic nitrogens is 3. The minimum Gasteiger partial charge on any atom is -0.368 e. The average Bonchev–Trinajstić information content (AvgIpc) is 3.40. The number of nitrogens with one attached hydrogen (secondary N) is 1. The van der Waals surface area contributed by atoms with E-state index in [-0.39, 0.29) is 0 Å². The molecule has 1 N–H and O–H groups in total. The van der Waals surface area contributed by atoms with Crippen molar-refractivity contribution in [3.8, 4) is 22.4 Å². The van der Waals surface area contributed by atoms with Crippen molar-refractivity contribution in [3.05, 3.63) is 69.4 Å². The van der Waals surface area contributed by atoms with Crippen LogP contribution in [0.3, 0.4) is 0 Å². The summed E-state index contributed by atoms with van der Waals surface area (Å²) in [4.78, 5) is 10.8. The fourth-order valence-electron chi connectivity index (χ4n) is 4.02. The van der Waals surface area contributed by atoms with Gasteiger partial charge in [0.05, 0.1) is 15.9 Å². The third-order valence-corrected chi connectivity index (χ3v) is 7.38. The second-order valence-corrected chi connectivity index (χ2v) is 9.59. The molecule has 0 fully saturated rings. The van der Waals surface area contributed by atoms with Gasteiger partial charge in [-0.3, -0.25) is 0 Å². The fourth-order valence-corrected chi connectivity index (χ4v) is 5.71. The van der Waals surface area contributed by atoms with E-state index in [1.165, 1.54) is 0 Å². The van der Waals surface area contributed by atoms with Gasteiger partial charge in [0.15, 0.2) is 0 Å². The summed E-state index contributed by atoms with van der Waals surface area (Å²) in [6.45, 7) is 1.69. The number of rotatable bonds is 2. The molecule has 0 saturated heterocycles. The molecule has 1 aliphatic rings. The number of pyridine rings is 1. The summed E-state index contributed by atoms with van der Waals surface area (Å²) < 4.78 is 3.74. The Morgan fingerprint density at radius 1 is 0.935 bits per heavy atom. The maximum Gasteiger partial charge on any atom is 0.201 e. The van der Waals surface area contributed by atoms with Crippen LogP contribution in [0.5, 0.6) is 0 Å². The minimum atomic E-state index is 0.594. The third-order valence-electron chi connectivity index (χ3n) is 5.48. The predicted octanol–water partition coefficient (Wildman–Crippen LogP) is 7.44. The van der Waals surface area contributed by atoms with E-state index in [1.807, 2.05) is 48.5 Å². The molecule has 0 aliphatic carbocycles. The van der Waals surface area contributed by atoms with Gasteiger partial charge in [-0.2, -0.15) is 0 Å². The highest BCUT2D eigenvalue weighted by Crippen LogP contribution is 2.43. The quantitative estimate of drug-likeness (QED) is 0.266. The lowest BCUT2D eigenvalue weighted by molar-refractivity contribution is 0.774. The summed E-state index contributed by atoms with van der Waals surface area (Å²) in [5.74, 6) is 1.04. The van der Waals surface area contributed by atoms with Crippen LogP contribution in [-0.4, -0.2) is 21.1 Å². The van der Waals surface area contributed by atoms with Crippen LogP contribution in [0.4, 0.5) is 5.82 Å². The Bertz CT molecular complexity index is 1540. The standard InChI is InChI=1S/C23H14Cl2N4S2/c24-14-5-1-12(2-6-14)16-11-17(13-3-7-15(25)8-4-13)27-22-18(16)19-20(31-22)21-26-9-10-29(21)23(30)28-19/h1-8,11,26H,9-10H2. The Morgan fingerprint density at radius 2 is 1.61 bits per heavy atom. The van der Waals surface area contributed by atoms with Gasteiger partial charge >= 0.3 is 0 Å². The molecule has 0 unspecified atom stereocenters. The van der Waals surface area contributed by atoms with Gasteiger partial charge in [0.1, 0.15) is 10.6 Å². The van der Waals surface area contributed by atoms with Crippen molar-refractivity contribution in [2.45, 2.75) is 6.54 Å².